The number of ether oxygens (including phenoxy) is 1. The van der Waals surface area contributed by atoms with E-state index in [1.807, 2.05) is 31.2 Å². The summed E-state index contributed by atoms with van der Waals surface area (Å²) in [7, 11) is 0. The van der Waals surface area contributed by atoms with Crippen molar-refractivity contribution in [3.05, 3.63) is 76.9 Å². The highest BCUT2D eigenvalue weighted by Gasteiger charge is 2.34. The largest absolute Gasteiger partial charge is 0.462 e. The normalized spacial score (nSPS) is 13.3. The molecule has 1 aliphatic heterocycles. The number of hydrogen-bond donors (Lipinski definition) is 0. The van der Waals surface area contributed by atoms with Gasteiger partial charge in [0.25, 0.3) is 11.8 Å². The van der Waals surface area contributed by atoms with Gasteiger partial charge in [0.1, 0.15) is 0 Å². The molecule has 0 aromatic heterocycles. The molecule has 0 bridgehead atoms. The number of esters is 1. The summed E-state index contributed by atoms with van der Waals surface area (Å²) >= 11 is 0. The summed E-state index contributed by atoms with van der Waals surface area (Å²) in [5.74, 6) is -1.04. The van der Waals surface area contributed by atoms with Gasteiger partial charge in [0.2, 0.25) is 0 Å². The van der Waals surface area contributed by atoms with Gasteiger partial charge in [-0.25, -0.2) is 4.79 Å². The number of carbonyl (C=O) groups excluding carboxylic acids is 3. The summed E-state index contributed by atoms with van der Waals surface area (Å²) in [5.41, 5.74) is 2.92. The quantitative estimate of drug-likeness (QED) is 0.348. The van der Waals surface area contributed by atoms with Crippen molar-refractivity contribution in [1.29, 1.82) is 0 Å². The van der Waals surface area contributed by atoms with E-state index in [1.165, 1.54) is 11.0 Å². The number of imide groups is 1. The zero-order chi connectivity index (χ0) is 18.5. The molecule has 26 heavy (non-hydrogen) atoms. The van der Waals surface area contributed by atoms with Crippen LogP contribution in [0.15, 0.2) is 54.6 Å². The molecule has 132 valence electrons. The molecule has 2 aromatic carbocycles. The van der Waals surface area contributed by atoms with Gasteiger partial charge in [-0.3, -0.25) is 14.5 Å². The Kier molecular flexibility index (Phi) is 5.27. The van der Waals surface area contributed by atoms with Crippen LogP contribution in [0.5, 0.6) is 0 Å². The number of amides is 2. The molecule has 0 fully saturated rings. The third kappa shape index (κ3) is 3.88. The van der Waals surface area contributed by atoms with Crippen molar-refractivity contribution in [2.45, 2.75) is 13.3 Å². The lowest BCUT2D eigenvalue weighted by Crippen LogP contribution is -2.31. The zero-order valence-corrected chi connectivity index (χ0v) is 14.5. The maximum Gasteiger partial charge on any atom is 0.330 e. The summed E-state index contributed by atoms with van der Waals surface area (Å²) in [4.78, 5) is 37.3. The molecule has 0 atom stereocenters. The van der Waals surface area contributed by atoms with Crippen molar-refractivity contribution in [1.82, 2.24) is 4.90 Å². The van der Waals surface area contributed by atoms with E-state index in [4.69, 9.17) is 4.74 Å². The van der Waals surface area contributed by atoms with Crippen molar-refractivity contribution in [3.8, 4) is 0 Å². The number of fused-ring (bicyclic) bond motifs is 1. The van der Waals surface area contributed by atoms with E-state index in [-0.39, 0.29) is 25.0 Å². The van der Waals surface area contributed by atoms with Crippen molar-refractivity contribution >= 4 is 23.9 Å². The molecule has 0 saturated heterocycles. The fraction of sp³-hybridized carbons (Fsp3) is 0.190. The SMILES string of the molecule is Cc1ccc(/C=C/C(=O)OCCCN2C(=O)c3ccccc3C2=O)cc1. The van der Waals surface area contributed by atoms with Gasteiger partial charge in [0.15, 0.2) is 0 Å². The monoisotopic (exact) mass is 349 g/mol. The molecule has 2 amide bonds. The average Bonchev–Trinajstić information content (AvgIpc) is 2.89. The molecule has 1 heterocycles. The fourth-order valence-corrected chi connectivity index (χ4v) is 2.73. The molecule has 5 heteroatoms. The van der Waals surface area contributed by atoms with E-state index < -0.39 is 5.97 Å². The van der Waals surface area contributed by atoms with Gasteiger partial charge in [-0.1, -0.05) is 42.0 Å². The predicted octanol–water partition coefficient (Wildman–Crippen LogP) is 3.24. The van der Waals surface area contributed by atoms with Crippen LogP contribution in [0.4, 0.5) is 0 Å². The minimum Gasteiger partial charge on any atom is -0.462 e. The summed E-state index contributed by atoms with van der Waals surface area (Å²) < 4.78 is 5.12. The van der Waals surface area contributed by atoms with Crippen LogP contribution in [0.3, 0.4) is 0 Å². The zero-order valence-electron chi connectivity index (χ0n) is 14.5. The van der Waals surface area contributed by atoms with Crippen LogP contribution in [-0.4, -0.2) is 35.8 Å². The van der Waals surface area contributed by atoms with Crippen LogP contribution >= 0.6 is 0 Å². The topological polar surface area (TPSA) is 63.7 Å². The lowest BCUT2D eigenvalue weighted by atomic mass is 10.1. The Bertz CT molecular complexity index is 833. The molecule has 0 spiro atoms. The van der Waals surface area contributed by atoms with Gasteiger partial charge in [-0.15, -0.1) is 0 Å². The lowest BCUT2D eigenvalue weighted by molar-refractivity contribution is -0.137. The number of benzene rings is 2. The molecule has 0 aliphatic carbocycles. The number of nitrogens with zero attached hydrogens (tertiary/aromatic N) is 1. The minimum atomic E-state index is -0.451. The minimum absolute atomic E-state index is 0.143. The smallest absolute Gasteiger partial charge is 0.330 e. The van der Waals surface area contributed by atoms with E-state index in [0.717, 1.165) is 11.1 Å². The molecule has 0 N–H and O–H groups in total. The van der Waals surface area contributed by atoms with Crippen LogP contribution in [0.2, 0.25) is 0 Å². The number of hydrogen-bond acceptors (Lipinski definition) is 4. The second-order valence-corrected chi connectivity index (χ2v) is 6.07. The van der Waals surface area contributed by atoms with Gasteiger partial charge < -0.3 is 4.74 Å². The third-order valence-corrected chi connectivity index (χ3v) is 4.14. The molecule has 2 aromatic rings. The fourth-order valence-electron chi connectivity index (χ4n) is 2.73. The molecule has 0 radical (unpaired) electrons. The van der Waals surface area contributed by atoms with Crippen LogP contribution in [0, 0.1) is 6.92 Å². The Hall–Kier alpha value is -3.21. The van der Waals surface area contributed by atoms with E-state index in [2.05, 4.69) is 0 Å². The molecule has 0 saturated carbocycles. The van der Waals surface area contributed by atoms with Gasteiger partial charge >= 0.3 is 5.97 Å². The first-order valence-corrected chi connectivity index (χ1v) is 8.43. The molecule has 3 rings (SSSR count). The van der Waals surface area contributed by atoms with Crippen molar-refractivity contribution in [3.63, 3.8) is 0 Å². The summed E-state index contributed by atoms with van der Waals surface area (Å²) in [6, 6.07) is 14.5. The van der Waals surface area contributed by atoms with Crippen LogP contribution in [0.1, 0.15) is 38.3 Å². The lowest BCUT2D eigenvalue weighted by Gasteiger charge is -2.13. The highest BCUT2D eigenvalue weighted by Crippen LogP contribution is 2.22. The van der Waals surface area contributed by atoms with E-state index in [1.54, 1.807) is 30.3 Å². The second kappa shape index (κ2) is 7.78. The summed E-state index contributed by atoms with van der Waals surface area (Å²) in [6.07, 6.45) is 3.45. The van der Waals surface area contributed by atoms with Gasteiger partial charge in [-0.2, -0.15) is 0 Å². The van der Waals surface area contributed by atoms with Crippen LogP contribution in [0.25, 0.3) is 6.08 Å². The first kappa shape index (κ1) is 17.6. The number of rotatable bonds is 6. The summed E-state index contributed by atoms with van der Waals surface area (Å²) in [6.45, 7) is 2.36. The highest BCUT2D eigenvalue weighted by atomic mass is 16.5. The molecular formula is C21H19NO4. The van der Waals surface area contributed by atoms with Gasteiger partial charge in [-0.05, 0) is 37.1 Å². The number of carbonyl (C=O) groups is 3. The maximum atomic E-state index is 12.2. The van der Waals surface area contributed by atoms with Gasteiger partial charge in [0, 0.05) is 12.6 Å². The first-order chi connectivity index (χ1) is 12.6. The Morgan fingerprint density at radius 2 is 1.62 bits per heavy atom. The average molecular weight is 349 g/mol. The molecule has 1 aliphatic rings. The van der Waals surface area contributed by atoms with Crippen LogP contribution < -0.4 is 0 Å². The van der Waals surface area contributed by atoms with Gasteiger partial charge in [0.05, 0.1) is 17.7 Å². The first-order valence-electron chi connectivity index (χ1n) is 8.43. The molecular weight excluding hydrogens is 330 g/mol. The van der Waals surface area contributed by atoms with Crippen molar-refractivity contribution in [2.24, 2.45) is 0 Å². The van der Waals surface area contributed by atoms with E-state index >= 15 is 0 Å². The van der Waals surface area contributed by atoms with Crippen LogP contribution in [-0.2, 0) is 9.53 Å². The third-order valence-electron chi connectivity index (χ3n) is 4.14. The Balaban J connectivity index is 1.44. The summed E-state index contributed by atoms with van der Waals surface area (Å²) in [5, 5.41) is 0. The Morgan fingerprint density at radius 1 is 1.00 bits per heavy atom. The maximum absolute atomic E-state index is 12.2. The van der Waals surface area contributed by atoms with E-state index in [9.17, 15) is 14.4 Å². The molecule has 0 unspecified atom stereocenters. The molecule has 5 nitrogen and oxygen atoms in total. The van der Waals surface area contributed by atoms with Crippen molar-refractivity contribution < 1.29 is 19.1 Å². The second-order valence-electron chi connectivity index (χ2n) is 6.07. The highest BCUT2D eigenvalue weighted by molar-refractivity contribution is 6.21. The van der Waals surface area contributed by atoms with Crippen molar-refractivity contribution in [2.75, 3.05) is 13.2 Å². The number of aryl methyl sites for hydroxylation is 1. The van der Waals surface area contributed by atoms with E-state index in [0.29, 0.717) is 17.5 Å². The Morgan fingerprint density at radius 3 is 2.23 bits per heavy atom. The standard InChI is InChI=1S/C21H19NO4/c1-15-7-9-16(10-8-15)11-12-19(23)26-14-4-13-22-20(24)17-5-2-3-6-18(17)21(22)25/h2-3,5-12H,4,13-14H2,1H3/b12-11+. The Labute approximate surface area is 151 Å². The predicted molar refractivity (Wildman–Crippen MR) is 97.6 cm³/mol.